The Labute approximate surface area is 117 Å². The van der Waals surface area contributed by atoms with Gasteiger partial charge in [0.15, 0.2) is 0 Å². The number of esters is 1. The molecule has 19 heavy (non-hydrogen) atoms. The highest BCUT2D eigenvalue weighted by Crippen LogP contribution is 2.20. The van der Waals surface area contributed by atoms with Crippen molar-refractivity contribution in [2.75, 3.05) is 19.0 Å². The van der Waals surface area contributed by atoms with Gasteiger partial charge in [-0.05, 0) is 24.6 Å². The maximum atomic E-state index is 11.4. The molecule has 0 radical (unpaired) electrons. The molecule has 1 N–H and O–H groups in total. The predicted octanol–water partition coefficient (Wildman–Crippen LogP) is 3.13. The molecule has 1 rings (SSSR count). The summed E-state index contributed by atoms with van der Waals surface area (Å²) in [4.78, 5) is 11.4. The number of hydrogen-bond donors (Lipinski definition) is 1. The molecular formula is C14H15ClN2O2. The standard InChI is InChI=1S/C14H15ClN2O2/c1-3-10(14(18)19-2)6-7-17-13-8-12(15)5-4-11(13)9-16/h4-6,8,17H,3,7H2,1-2H3/b10-6-. The van der Waals surface area contributed by atoms with Crippen LogP contribution in [0.4, 0.5) is 5.69 Å². The Kier molecular flexibility index (Phi) is 5.91. The van der Waals surface area contributed by atoms with Gasteiger partial charge < -0.3 is 10.1 Å². The molecule has 0 aromatic heterocycles. The number of rotatable bonds is 5. The van der Waals surface area contributed by atoms with E-state index in [1.165, 1.54) is 7.11 Å². The third-order valence-electron chi connectivity index (χ3n) is 2.57. The molecule has 0 aliphatic carbocycles. The van der Waals surface area contributed by atoms with Crippen LogP contribution in [0.25, 0.3) is 0 Å². The number of carbonyl (C=O) groups excluding carboxylic acids is 1. The normalized spacial score (nSPS) is 10.7. The zero-order chi connectivity index (χ0) is 14.3. The first-order chi connectivity index (χ1) is 9.12. The molecule has 0 heterocycles. The van der Waals surface area contributed by atoms with Gasteiger partial charge in [-0.1, -0.05) is 24.6 Å². The van der Waals surface area contributed by atoms with Gasteiger partial charge in [-0.15, -0.1) is 0 Å². The molecule has 0 aliphatic rings. The highest BCUT2D eigenvalue weighted by molar-refractivity contribution is 6.30. The molecule has 5 heteroatoms. The Morgan fingerprint density at radius 2 is 2.32 bits per heavy atom. The maximum absolute atomic E-state index is 11.4. The van der Waals surface area contributed by atoms with Crippen LogP contribution in [0.15, 0.2) is 29.8 Å². The van der Waals surface area contributed by atoms with Crippen molar-refractivity contribution in [1.82, 2.24) is 0 Å². The molecule has 0 saturated heterocycles. The third kappa shape index (κ3) is 4.31. The Morgan fingerprint density at radius 1 is 1.58 bits per heavy atom. The monoisotopic (exact) mass is 278 g/mol. The minimum atomic E-state index is -0.337. The molecule has 4 nitrogen and oxygen atoms in total. The number of anilines is 1. The fourth-order valence-electron chi connectivity index (χ4n) is 1.55. The summed E-state index contributed by atoms with van der Waals surface area (Å²) in [6.07, 6.45) is 2.34. The lowest BCUT2D eigenvalue weighted by molar-refractivity contribution is -0.136. The molecule has 0 spiro atoms. The summed E-state index contributed by atoms with van der Waals surface area (Å²) in [6, 6.07) is 7.06. The number of benzene rings is 1. The zero-order valence-electron chi connectivity index (χ0n) is 10.9. The van der Waals surface area contributed by atoms with Crippen LogP contribution in [0.1, 0.15) is 18.9 Å². The van der Waals surface area contributed by atoms with Crippen molar-refractivity contribution in [2.45, 2.75) is 13.3 Å². The van der Waals surface area contributed by atoms with Crippen molar-refractivity contribution < 1.29 is 9.53 Å². The molecule has 100 valence electrons. The van der Waals surface area contributed by atoms with E-state index in [9.17, 15) is 4.79 Å². The average Bonchev–Trinajstić information content (AvgIpc) is 2.43. The van der Waals surface area contributed by atoms with Crippen molar-refractivity contribution in [3.63, 3.8) is 0 Å². The number of nitriles is 1. The molecule has 0 amide bonds. The summed E-state index contributed by atoms with van der Waals surface area (Å²) in [5.41, 5.74) is 1.75. The maximum Gasteiger partial charge on any atom is 0.333 e. The van der Waals surface area contributed by atoms with Crippen molar-refractivity contribution in [1.29, 1.82) is 5.26 Å². The average molecular weight is 279 g/mol. The predicted molar refractivity (Wildman–Crippen MR) is 75.0 cm³/mol. The van der Waals surface area contributed by atoms with E-state index in [2.05, 4.69) is 16.1 Å². The van der Waals surface area contributed by atoms with Crippen LogP contribution < -0.4 is 5.32 Å². The first-order valence-electron chi connectivity index (χ1n) is 5.83. The van der Waals surface area contributed by atoms with Gasteiger partial charge in [-0.2, -0.15) is 5.26 Å². The summed E-state index contributed by atoms with van der Waals surface area (Å²) in [5, 5.41) is 12.6. The number of carbonyl (C=O) groups is 1. The largest absolute Gasteiger partial charge is 0.466 e. The van der Waals surface area contributed by atoms with E-state index in [-0.39, 0.29) is 5.97 Å². The first-order valence-corrected chi connectivity index (χ1v) is 6.21. The van der Waals surface area contributed by atoms with Gasteiger partial charge in [-0.25, -0.2) is 4.79 Å². The van der Waals surface area contributed by atoms with Crippen LogP contribution in [-0.4, -0.2) is 19.6 Å². The van der Waals surface area contributed by atoms with Crippen LogP contribution in [-0.2, 0) is 9.53 Å². The van der Waals surface area contributed by atoms with Gasteiger partial charge in [0.05, 0.1) is 18.4 Å². The summed E-state index contributed by atoms with van der Waals surface area (Å²) >= 11 is 5.88. The van der Waals surface area contributed by atoms with Crippen LogP contribution in [0.5, 0.6) is 0 Å². The molecule has 0 unspecified atom stereocenters. The fraction of sp³-hybridized carbons (Fsp3) is 0.286. The van der Waals surface area contributed by atoms with Crippen LogP contribution in [0.3, 0.4) is 0 Å². The minimum Gasteiger partial charge on any atom is -0.466 e. The van der Waals surface area contributed by atoms with Gasteiger partial charge in [-0.3, -0.25) is 0 Å². The second-order valence-electron chi connectivity index (χ2n) is 3.76. The summed E-state index contributed by atoms with van der Waals surface area (Å²) in [6.45, 7) is 2.30. The second-order valence-corrected chi connectivity index (χ2v) is 4.19. The number of methoxy groups -OCH3 is 1. The van der Waals surface area contributed by atoms with Crippen molar-refractivity contribution in [3.8, 4) is 6.07 Å². The lowest BCUT2D eigenvalue weighted by atomic mass is 10.1. The fourth-order valence-corrected chi connectivity index (χ4v) is 1.72. The lowest BCUT2D eigenvalue weighted by Crippen LogP contribution is -2.07. The van der Waals surface area contributed by atoms with Gasteiger partial charge >= 0.3 is 5.97 Å². The van der Waals surface area contributed by atoms with Crippen molar-refractivity contribution in [2.24, 2.45) is 0 Å². The molecule has 1 aromatic carbocycles. The van der Waals surface area contributed by atoms with Crippen molar-refractivity contribution >= 4 is 23.3 Å². The smallest absolute Gasteiger partial charge is 0.333 e. The van der Waals surface area contributed by atoms with E-state index < -0.39 is 0 Å². The Balaban J connectivity index is 2.77. The molecular weight excluding hydrogens is 264 g/mol. The Bertz CT molecular complexity index is 533. The molecule has 0 saturated carbocycles. The number of nitrogens with zero attached hydrogens (tertiary/aromatic N) is 1. The zero-order valence-corrected chi connectivity index (χ0v) is 11.6. The number of hydrogen-bond acceptors (Lipinski definition) is 4. The van der Waals surface area contributed by atoms with E-state index in [0.717, 1.165) is 0 Å². The van der Waals surface area contributed by atoms with Crippen molar-refractivity contribution in [3.05, 3.63) is 40.4 Å². The van der Waals surface area contributed by atoms with Gasteiger partial charge in [0.2, 0.25) is 0 Å². The van der Waals surface area contributed by atoms with E-state index >= 15 is 0 Å². The topological polar surface area (TPSA) is 62.1 Å². The molecule has 0 atom stereocenters. The van der Waals surface area contributed by atoms with E-state index in [0.29, 0.717) is 34.8 Å². The minimum absolute atomic E-state index is 0.337. The van der Waals surface area contributed by atoms with E-state index in [1.807, 2.05) is 6.92 Å². The SMILES string of the molecule is CC/C(=C/CNc1cc(Cl)ccc1C#N)C(=O)OC. The molecule has 1 aromatic rings. The Hall–Kier alpha value is -1.99. The first kappa shape index (κ1) is 15.1. The lowest BCUT2D eigenvalue weighted by Gasteiger charge is -2.07. The molecule has 0 bridgehead atoms. The van der Waals surface area contributed by atoms with Gasteiger partial charge in [0.25, 0.3) is 0 Å². The summed E-state index contributed by atoms with van der Waals surface area (Å²) in [7, 11) is 1.35. The van der Waals surface area contributed by atoms with E-state index in [4.69, 9.17) is 16.9 Å². The highest BCUT2D eigenvalue weighted by atomic mass is 35.5. The molecule has 0 aliphatic heterocycles. The number of ether oxygens (including phenoxy) is 1. The number of halogens is 1. The number of nitrogens with one attached hydrogen (secondary N) is 1. The van der Waals surface area contributed by atoms with Crippen LogP contribution in [0, 0.1) is 11.3 Å². The highest BCUT2D eigenvalue weighted by Gasteiger charge is 2.06. The third-order valence-corrected chi connectivity index (χ3v) is 2.81. The second kappa shape index (κ2) is 7.45. The van der Waals surface area contributed by atoms with Gasteiger partial charge in [0.1, 0.15) is 6.07 Å². The quantitative estimate of drug-likeness (QED) is 0.664. The Morgan fingerprint density at radius 3 is 2.89 bits per heavy atom. The molecule has 0 fully saturated rings. The van der Waals surface area contributed by atoms with Crippen LogP contribution in [0.2, 0.25) is 5.02 Å². The summed E-state index contributed by atoms with van der Waals surface area (Å²) in [5.74, 6) is -0.337. The van der Waals surface area contributed by atoms with E-state index in [1.54, 1.807) is 24.3 Å². The summed E-state index contributed by atoms with van der Waals surface area (Å²) < 4.78 is 4.66. The van der Waals surface area contributed by atoms with Gasteiger partial charge in [0, 0.05) is 17.1 Å². The van der Waals surface area contributed by atoms with Crippen LogP contribution >= 0.6 is 11.6 Å².